The minimum Gasteiger partial charge on any atom is -0.371 e. The third kappa shape index (κ3) is 2.41. The minimum absolute atomic E-state index is 0.863. The van der Waals surface area contributed by atoms with Crippen LogP contribution in [0.2, 0.25) is 0 Å². The highest BCUT2D eigenvalue weighted by Crippen LogP contribution is 2.27. The smallest absolute Gasteiger partial charge is 0.0921 e. The van der Waals surface area contributed by atoms with Crippen LogP contribution in [0.25, 0.3) is 11.3 Å². The van der Waals surface area contributed by atoms with Gasteiger partial charge in [0.15, 0.2) is 0 Å². The first kappa shape index (κ1) is 11.5. The Bertz CT molecular complexity index is 466. The molecule has 2 rings (SSSR count). The molecule has 2 aromatic heterocycles. The van der Waals surface area contributed by atoms with Crippen LogP contribution in [0.3, 0.4) is 0 Å². The molecule has 2 heterocycles. The zero-order valence-corrected chi connectivity index (χ0v) is 10.2. The van der Waals surface area contributed by atoms with E-state index in [9.17, 15) is 0 Å². The van der Waals surface area contributed by atoms with Gasteiger partial charge in [0.2, 0.25) is 0 Å². The number of pyridine rings is 1. The van der Waals surface area contributed by atoms with Crippen molar-refractivity contribution in [2.75, 3.05) is 18.0 Å². The zero-order chi connectivity index (χ0) is 12.1. The molecule has 4 nitrogen and oxygen atoms in total. The first-order chi connectivity index (χ1) is 8.36. The van der Waals surface area contributed by atoms with E-state index < -0.39 is 0 Å². The molecule has 0 aromatic carbocycles. The Morgan fingerprint density at radius 1 is 1.00 bits per heavy atom. The lowest BCUT2D eigenvalue weighted by atomic mass is 10.1. The van der Waals surface area contributed by atoms with E-state index in [1.54, 1.807) is 18.6 Å². The summed E-state index contributed by atoms with van der Waals surface area (Å²) in [6.07, 6.45) is 8.81. The van der Waals surface area contributed by atoms with Gasteiger partial charge in [-0.25, -0.2) is 0 Å². The summed E-state index contributed by atoms with van der Waals surface area (Å²) >= 11 is 0. The second kappa shape index (κ2) is 5.39. The third-order valence-electron chi connectivity index (χ3n) is 2.74. The maximum Gasteiger partial charge on any atom is 0.0921 e. The van der Waals surface area contributed by atoms with Crippen molar-refractivity contribution in [2.45, 2.75) is 13.8 Å². The molecule has 88 valence electrons. The highest BCUT2D eigenvalue weighted by Gasteiger charge is 2.10. The summed E-state index contributed by atoms with van der Waals surface area (Å²) in [6, 6.07) is 2.02. The fraction of sp³-hybridized carbons (Fsp3) is 0.308. The van der Waals surface area contributed by atoms with E-state index in [1.165, 1.54) is 0 Å². The third-order valence-corrected chi connectivity index (χ3v) is 2.74. The lowest BCUT2D eigenvalue weighted by Gasteiger charge is -2.23. The van der Waals surface area contributed by atoms with E-state index in [4.69, 9.17) is 0 Å². The molecule has 0 amide bonds. The van der Waals surface area contributed by atoms with Crippen LogP contribution in [0.4, 0.5) is 5.69 Å². The first-order valence-electron chi connectivity index (χ1n) is 5.82. The van der Waals surface area contributed by atoms with Crippen LogP contribution in [0.1, 0.15) is 13.8 Å². The molecule has 0 radical (unpaired) electrons. The van der Waals surface area contributed by atoms with Crippen molar-refractivity contribution in [2.24, 2.45) is 0 Å². The Labute approximate surface area is 101 Å². The van der Waals surface area contributed by atoms with Crippen molar-refractivity contribution in [1.29, 1.82) is 0 Å². The van der Waals surface area contributed by atoms with Gasteiger partial charge < -0.3 is 4.90 Å². The molecule has 0 bridgehead atoms. The number of hydrogen-bond donors (Lipinski definition) is 0. The Morgan fingerprint density at radius 2 is 1.76 bits per heavy atom. The molecule has 0 N–H and O–H groups in total. The summed E-state index contributed by atoms with van der Waals surface area (Å²) in [6.45, 7) is 6.22. The lowest BCUT2D eigenvalue weighted by Crippen LogP contribution is -2.22. The lowest BCUT2D eigenvalue weighted by molar-refractivity contribution is 0.865. The van der Waals surface area contributed by atoms with Gasteiger partial charge in [0.05, 0.1) is 11.9 Å². The van der Waals surface area contributed by atoms with E-state index in [2.05, 4.69) is 33.7 Å². The maximum absolute atomic E-state index is 4.33. The van der Waals surface area contributed by atoms with Crippen LogP contribution in [0.5, 0.6) is 0 Å². The molecule has 17 heavy (non-hydrogen) atoms. The maximum atomic E-state index is 4.33. The van der Waals surface area contributed by atoms with E-state index in [0.29, 0.717) is 0 Å². The Kier molecular flexibility index (Phi) is 3.65. The molecular weight excluding hydrogens is 212 g/mol. The van der Waals surface area contributed by atoms with Gasteiger partial charge in [-0.15, -0.1) is 0 Å². The predicted molar refractivity (Wildman–Crippen MR) is 68.8 cm³/mol. The SMILES string of the molecule is CCN(CC)c1ccncc1-c1cnccn1. The number of aromatic nitrogens is 3. The van der Waals surface area contributed by atoms with Crippen molar-refractivity contribution >= 4 is 5.69 Å². The molecule has 0 saturated heterocycles. The second-order valence-electron chi connectivity index (χ2n) is 3.66. The molecular formula is C13H16N4. The number of anilines is 1. The molecule has 4 heteroatoms. The summed E-state index contributed by atoms with van der Waals surface area (Å²) in [5.74, 6) is 0. The van der Waals surface area contributed by atoms with Crippen molar-refractivity contribution in [3.63, 3.8) is 0 Å². The molecule has 0 aliphatic heterocycles. The van der Waals surface area contributed by atoms with E-state index in [-0.39, 0.29) is 0 Å². The molecule has 0 unspecified atom stereocenters. The van der Waals surface area contributed by atoms with Gasteiger partial charge in [-0.2, -0.15) is 0 Å². The number of hydrogen-bond acceptors (Lipinski definition) is 4. The standard InChI is InChI=1S/C13H16N4/c1-3-17(4-2)13-5-6-14-9-11(13)12-10-15-7-8-16-12/h5-10H,3-4H2,1-2H3. The van der Waals surface area contributed by atoms with Gasteiger partial charge >= 0.3 is 0 Å². The Morgan fingerprint density at radius 3 is 2.41 bits per heavy atom. The quantitative estimate of drug-likeness (QED) is 0.805. The number of rotatable bonds is 4. The predicted octanol–water partition coefficient (Wildman–Crippen LogP) is 2.38. The van der Waals surface area contributed by atoms with Crippen LogP contribution in [0, 0.1) is 0 Å². The first-order valence-corrected chi connectivity index (χ1v) is 5.82. The fourth-order valence-electron chi connectivity index (χ4n) is 1.86. The van der Waals surface area contributed by atoms with Crippen molar-refractivity contribution < 1.29 is 0 Å². The summed E-state index contributed by atoms with van der Waals surface area (Å²) in [5.41, 5.74) is 3.05. The van der Waals surface area contributed by atoms with Gasteiger partial charge in [0.25, 0.3) is 0 Å². The summed E-state index contributed by atoms with van der Waals surface area (Å²) in [7, 11) is 0. The number of nitrogens with zero attached hydrogens (tertiary/aromatic N) is 4. The molecule has 2 aromatic rings. The second-order valence-corrected chi connectivity index (χ2v) is 3.66. The highest BCUT2D eigenvalue weighted by atomic mass is 15.1. The van der Waals surface area contributed by atoms with Gasteiger partial charge in [-0.1, -0.05) is 0 Å². The average Bonchev–Trinajstić information content (AvgIpc) is 2.42. The molecule has 0 spiro atoms. The Hall–Kier alpha value is -1.97. The fourth-order valence-corrected chi connectivity index (χ4v) is 1.86. The summed E-state index contributed by atoms with van der Waals surface area (Å²) in [5, 5.41) is 0. The van der Waals surface area contributed by atoms with Gasteiger partial charge in [-0.3, -0.25) is 15.0 Å². The monoisotopic (exact) mass is 228 g/mol. The van der Waals surface area contributed by atoms with Crippen molar-refractivity contribution in [3.8, 4) is 11.3 Å². The summed E-state index contributed by atoms with van der Waals surface area (Å²) < 4.78 is 0. The molecule has 0 aliphatic rings. The minimum atomic E-state index is 0.863. The average molecular weight is 228 g/mol. The molecule has 0 aliphatic carbocycles. The molecule has 0 fully saturated rings. The van der Waals surface area contributed by atoms with Crippen molar-refractivity contribution in [3.05, 3.63) is 37.1 Å². The van der Waals surface area contributed by atoms with E-state index >= 15 is 0 Å². The van der Waals surface area contributed by atoms with Crippen LogP contribution in [-0.2, 0) is 0 Å². The van der Waals surface area contributed by atoms with Gasteiger partial charge in [-0.05, 0) is 19.9 Å². The van der Waals surface area contributed by atoms with Crippen molar-refractivity contribution in [1.82, 2.24) is 15.0 Å². The zero-order valence-electron chi connectivity index (χ0n) is 10.2. The van der Waals surface area contributed by atoms with Crippen LogP contribution < -0.4 is 4.90 Å². The highest BCUT2D eigenvalue weighted by molar-refractivity contribution is 5.74. The topological polar surface area (TPSA) is 41.9 Å². The Balaban J connectivity index is 2.48. The normalized spacial score (nSPS) is 10.2. The summed E-state index contributed by atoms with van der Waals surface area (Å²) in [4.78, 5) is 14.9. The van der Waals surface area contributed by atoms with Crippen LogP contribution in [-0.4, -0.2) is 28.0 Å². The van der Waals surface area contributed by atoms with Gasteiger partial charge in [0.1, 0.15) is 0 Å². The van der Waals surface area contributed by atoms with Gasteiger partial charge in [0, 0.05) is 49.1 Å². The van der Waals surface area contributed by atoms with Crippen LogP contribution >= 0.6 is 0 Å². The largest absolute Gasteiger partial charge is 0.371 e. The van der Waals surface area contributed by atoms with E-state index in [1.807, 2.05) is 18.5 Å². The van der Waals surface area contributed by atoms with Crippen LogP contribution in [0.15, 0.2) is 37.1 Å². The molecule has 0 atom stereocenters. The molecule has 0 saturated carbocycles. The van der Waals surface area contributed by atoms with E-state index in [0.717, 1.165) is 30.0 Å².